The van der Waals surface area contributed by atoms with Gasteiger partial charge in [-0.15, -0.1) is 0 Å². The third-order valence-electron chi connectivity index (χ3n) is 5.42. The monoisotopic (exact) mass is 372 g/mol. The van der Waals surface area contributed by atoms with Crippen LogP contribution in [0.3, 0.4) is 0 Å². The second-order valence-corrected chi connectivity index (χ2v) is 7.92. The lowest BCUT2D eigenvalue weighted by Crippen LogP contribution is -2.36. The van der Waals surface area contributed by atoms with E-state index in [-0.39, 0.29) is 11.8 Å². The number of rotatable bonds is 7. The average molecular weight is 372 g/mol. The Kier molecular flexibility index (Phi) is 5.48. The molecular formula is C21H24O4S. The van der Waals surface area contributed by atoms with Gasteiger partial charge in [-0.25, -0.2) is 0 Å². The topological polar surface area (TPSA) is 48.7 Å². The van der Waals surface area contributed by atoms with Gasteiger partial charge in [0.15, 0.2) is 10.9 Å². The summed E-state index contributed by atoms with van der Waals surface area (Å²) in [6.45, 7) is 1.28. The highest BCUT2D eigenvalue weighted by Gasteiger charge is 2.53. The minimum Gasteiger partial charge on any atom is -0.455 e. The van der Waals surface area contributed by atoms with Crippen molar-refractivity contribution in [1.29, 1.82) is 0 Å². The van der Waals surface area contributed by atoms with E-state index in [9.17, 15) is 4.79 Å². The zero-order chi connectivity index (χ0) is 17.8. The number of ether oxygens (including phenoxy) is 2. The summed E-state index contributed by atoms with van der Waals surface area (Å²) >= 11 is 1.71. The van der Waals surface area contributed by atoms with Crippen LogP contribution in [0.2, 0.25) is 0 Å². The Morgan fingerprint density at radius 3 is 2.69 bits per heavy atom. The zero-order valence-electron chi connectivity index (χ0n) is 14.8. The summed E-state index contributed by atoms with van der Waals surface area (Å²) in [4.78, 5) is 10.9. The number of carbonyl (C=O) groups excluding carboxylic acids is 1. The molecule has 1 aliphatic carbocycles. The van der Waals surface area contributed by atoms with Crippen LogP contribution in [-0.4, -0.2) is 25.3 Å². The van der Waals surface area contributed by atoms with Crippen molar-refractivity contribution >= 4 is 18.0 Å². The van der Waals surface area contributed by atoms with Gasteiger partial charge in [0.1, 0.15) is 12.0 Å². The van der Waals surface area contributed by atoms with Crippen molar-refractivity contribution in [3.63, 3.8) is 0 Å². The van der Waals surface area contributed by atoms with Gasteiger partial charge in [-0.2, -0.15) is 0 Å². The summed E-state index contributed by atoms with van der Waals surface area (Å²) in [5, 5.41) is 0.937. The lowest BCUT2D eigenvalue weighted by molar-refractivity contribution is -0.184. The molecule has 4 nitrogen and oxygen atoms in total. The Morgan fingerprint density at radius 1 is 1.12 bits per heavy atom. The van der Waals surface area contributed by atoms with Crippen LogP contribution in [0, 0.1) is 5.92 Å². The first-order chi connectivity index (χ1) is 12.8. The molecule has 2 aromatic rings. The summed E-state index contributed by atoms with van der Waals surface area (Å²) in [6, 6.07) is 14.5. The standard InChI is InChI=1S/C21H24O4S/c22-12-4-7-18-17(10-11-21(18)23-13-14-24-21)19-8-9-20(25-19)26-15-16-5-2-1-3-6-16/h1-3,5-6,8-9,12,17-18H,4,7,10-11,13-15H2/t17-,18+/m1/s1. The highest BCUT2D eigenvalue weighted by Crippen LogP contribution is 2.52. The molecule has 26 heavy (non-hydrogen) atoms. The fraction of sp³-hybridized carbons (Fsp3) is 0.476. The molecule has 2 fully saturated rings. The van der Waals surface area contributed by atoms with Gasteiger partial charge in [-0.1, -0.05) is 42.1 Å². The summed E-state index contributed by atoms with van der Waals surface area (Å²) in [5.41, 5.74) is 1.28. The van der Waals surface area contributed by atoms with E-state index < -0.39 is 5.79 Å². The van der Waals surface area contributed by atoms with Gasteiger partial charge >= 0.3 is 0 Å². The molecule has 2 atom stereocenters. The first-order valence-corrected chi connectivity index (χ1v) is 10.3. The van der Waals surface area contributed by atoms with Crippen LogP contribution in [0.5, 0.6) is 0 Å². The van der Waals surface area contributed by atoms with Crippen LogP contribution in [0.25, 0.3) is 0 Å². The Hall–Kier alpha value is -1.56. The van der Waals surface area contributed by atoms with Crippen LogP contribution >= 0.6 is 11.8 Å². The fourth-order valence-electron chi connectivity index (χ4n) is 4.23. The summed E-state index contributed by atoms with van der Waals surface area (Å²) in [6.07, 6.45) is 4.14. The van der Waals surface area contributed by atoms with E-state index in [1.54, 1.807) is 11.8 Å². The van der Waals surface area contributed by atoms with Crippen molar-refractivity contribution in [1.82, 2.24) is 0 Å². The van der Waals surface area contributed by atoms with Crippen LogP contribution in [0.15, 0.2) is 52.0 Å². The average Bonchev–Trinajstić information content (AvgIpc) is 3.41. The van der Waals surface area contributed by atoms with Gasteiger partial charge < -0.3 is 18.7 Å². The van der Waals surface area contributed by atoms with Crippen molar-refractivity contribution in [2.45, 2.75) is 48.2 Å². The molecule has 0 radical (unpaired) electrons. The SMILES string of the molecule is O=CCC[C@H]1[C@H](c2ccc(SCc3ccccc3)o2)CCC12OCCO2. The van der Waals surface area contributed by atoms with Crippen LogP contribution in [-0.2, 0) is 20.0 Å². The van der Waals surface area contributed by atoms with E-state index in [1.807, 2.05) is 6.07 Å². The van der Waals surface area contributed by atoms with E-state index in [4.69, 9.17) is 13.9 Å². The van der Waals surface area contributed by atoms with E-state index in [1.165, 1.54) is 5.56 Å². The van der Waals surface area contributed by atoms with Crippen molar-refractivity contribution in [3.05, 3.63) is 53.8 Å². The second-order valence-electron chi connectivity index (χ2n) is 6.94. The van der Waals surface area contributed by atoms with Gasteiger partial charge in [0, 0.05) is 30.4 Å². The highest BCUT2D eigenvalue weighted by atomic mass is 32.2. The van der Waals surface area contributed by atoms with E-state index in [0.29, 0.717) is 19.6 Å². The maximum Gasteiger partial charge on any atom is 0.172 e. The minimum absolute atomic E-state index is 0.174. The number of aldehydes is 1. The summed E-state index contributed by atoms with van der Waals surface area (Å²) in [7, 11) is 0. The number of hydrogen-bond donors (Lipinski definition) is 0. The summed E-state index contributed by atoms with van der Waals surface area (Å²) in [5.74, 6) is 1.79. The van der Waals surface area contributed by atoms with Crippen molar-refractivity contribution < 1.29 is 18.7 Å². The maximum absolute atomic E-state index is 10.9. The number of hydrogen-bond acceptors (Lipinski definition) is 5. The minimum atomic E-state index is -0.516. The molecule has 5 heteroatoms. The molecular weight excluding hydrogens is 348 g/mol. The Bertz CT molecular complexity index is 721. The molecule has 2 heterocycles. The quantitative estimate of drug-likeness (QED) is 0.517. The smallest absolute Gasteiger partial charge is 0.172 e. The van der Waals surface area contributed by atoms with Crippen LogP contribution in [0.4, 0.5) is 0 Å². The first kappa shape index (κ1) is 17.8. The van der Waals surface area contributed by atoms with Gasteiger partial charge in [0.2, 0.25) is 0 Å². The highest BCUT2D eigenvalue weighted by molar-refractivity contribution is 7.98. The lowest BCUT2D eigenvalue weighted by Gasteiger charge is -2.31. The second kappa shape index (κ2) is 7.99. The van der Waals surface area contributed by atoms with E-state index in [2.05, 4.69) is 36.4 Å². The Balaban J connectivity index is 1.46. The van der Waals surface area contributed by atoms with Crippen molar-refractivity contribution in [3.8, 4) is 0 Å². The molecule has 4 rings (SSSR count). The molecule has 1 spiro atoms. The molecule has 0 N–H and O–H groups in total. The fourth-order valence-corrected chi connectivity index (χ4v) is 5.05. The molecule has 1 saturated carbocycles. The third kappa shape index (κ3) is 3.61. The molecule has 1 aromatic heterocycles. The Labute approximate surface area is 158 Å². The normalized spacial score (nSPS) is 24.3. The molecule has 0 bridgehead atoms. The third-order valence-corrected chi connectivity index (χ3v) is 6.40. The number of carbonyl (C=O) groups is 1. The Morgan fingerprint density at radius 2 is 1.92 bits per heavy atom. The summed E-state index contributed by atoms with van der Waals surface area (Å²) < 4.78 is 18.1. The number of thioether (sulfide) groups is 1. The first-order valence-electron chi connectivity index (χ1n) is 9.29. The van der Waals surface area contributed by atoms with E-state index in [0.717, 1.165) is 42.2 Å². The zero-order valence-corrected chi connectivity index (χ0v) is 15.6. The largest absolute Gasteiger partial charge is 0.455 e. The van der Waals surface area contributed by atoms with Crippen molar-refractivity contribution in [2.24, 2.45) is 5.92 Å². The molecule has 1 aromatic carbocycles. The number of benzene rings is 1. The van der Waals surface area contributed by atoms with E-state index >= 15 is 0 Å². The predicted molar refractivity (Wildman–Crippen MR) is 100 cm³/mol. The molecule has 2 aliphatic rings. The molecule has 1 saturated heterocycles. The predicted octanol–water partition coefficient (Wildman–Crippen LogP) is 4.79. The van der Waals surface area contributed by atoms with Gasteiger partial charge in [0.05, 0.1) is 13.2 Å². The number of furan rings is 1. The van der Waals surface area contributed by atoms with Crippen LogP contribution in [0.1, 0.15) is 42.9 Å². The molecule has 0 amide bonds. The van der Waals surface area contributed by atoms with Gasteiger partial charge in [-0.05, 0) is 30.5 Å². The van der Waals surface area contributed by atoms with Gasteiger partial charge in [-0.3, -0.25) is 0 Å². The molecule has 138 valence electrons. The molecule has 0 unspecified atom stereocenters. The van der Waals surface area contributed by atoms with Gasteiger partial charge in [0.25, 0.3) is 0 Å². The van der Waals surface area contributed by atoms with Crippen molar-refractivity contribution in [2.75, 3.05) is 13.2 Å². The van der Waals surface area contributed by atoms with Crippen LogP contribution < -0.4 is 0 Å². The molecule has 1 aliphatic heterocycles. The maximum atomic E-state index is 10.9. The lowest BCUT2D eigenvalue weighted by atomic mass is 9.87.